The van der Waals surface area contributed by atoms with E-state index in [0.717, 1.165) is 43.9 Å². The summed E-state index contributed by atoms with van der Waals surface area (Å²) in [5.74, 6) is -2.87. The number of aromatic nitrogens is 1. The highest BCUT2D eigenvalue weighted by molar-refractivity contribution is 5.79. The van der Waals surface area contributed by atoms with Gasteiger partial charge >= 0.3 is 0 Å². The van der Waals surface area contributed by atoms with Crippen LogP contribution in [-0.2, 0) is 0 Å². The third kappa shape index (κ3) is 4.47. The molecule has 1 aliphatic heterocycles. The molecule has 6 N–H and O–H groups in total. The molecule has 1 aromatic heterocycles. The van der Waals surface area contributed by atoms with Crippen molar-refractivity contribution >= 4 is 17.1 Å². The summed E-state index contributed by atoms with van der Waals surface area (Å²) in [6.45, 7) is 1.62. The molecule has 7 nitrogen and oxygen atoms in total. The summed E-state index contributed by atoms with van der Waals surface area (Å²) in [5, 5.41) is 33.4. The van der Waals surface area contributed by atoms with Crippen molar-refractivity contribution in [3.8, 4) is 5.75 Å². The second kappa shape index (κ2) is 8.16. The Morgan fingerprint density at radius 3 is 2.58 bits per heavy atom. The Hall–Kier alpha value is -3.17. The SMILES string of the molecule is NC1CCCN(c2ccc(NC3(O)C=C(c4cc(F)c(O)c(F)c4)C(O)=CC3)cn2)C1. The largest absolute Gasteiger partial charge is 0.508 e. The number of piperidine rings is 1. The molecule has 0 radical (unpaired) electrons. The fraction of sp³-hybridized carbons (Fsp3) is 0.318. The van der Waals surface area contributed by atoms with E-state index in [2.05, 4.69) is 15.2 Å². The zero-order chi connectivity index (χ0) is 22.2. The number of benzene rings is 1. The van der Waals surface area contributed by atoms with E-state index in [9.17, 15) is 24.1 Å². The zero-order valence-electron chi connectivity index (χ0n) is 16.7. The average Bonchev–Trinajstić information content (AvgIpc) is 2.74. The summed E-state index contributed by atoms with van der Waals surface area (Å²) in [4.78, 5) is 6.55. The van der Waals surface area contributed by atoms with Crippen molar-refractivity contribution in [1.82, 2.24) is 4.98 Å². The number of phenolic OH excluding ortho intramolecular Hbond substituents is 1. The van der Waals surface area contributed by atoms with Crippen molar-refractivity contribution in [1.29, 1.82) is 0 Å². The van der Waals surface area contributed by atoms with Gasteiger partial charge in [-0.1, -0.05) is 0 Å². The summed E-state index contributed by atoms with van der Waals surface area (Å²) in [6, 6.07) is 5.50. The van der Waals surface area contributed by atoms with Crippen molar-refractivity contribution in [2.75, 3.05) is 23.3 Å². The number of rotatable bonds is 4. The van der Waals surface area contributed by atoms with Crippen LogP contribution >= 0.6 is 0 Å². The second-order valence-corrected chi connectivity index (χ2v) is 7.94. The van der Waals surface area contributed by atoms with E-state index in [1.54, 1.807) is 12.3 Å². The first-order chi connectivity index (χ1) is 14.7. The molecule has 0 saturated carbocycles. The number of halogens is 2. The molecule has 2 unspecified atom stereocenters. The molecule has 4 rings (SSSR count). The summed E-state index contributed by atoms with van der Waals surface area (Å²) < 4.78 is 27.5. The maximum atomic E-state index is 13.8. The third-order valence-corrected chi connectivity index (χ3v) is 5.48. The molecule has 2 heterocycles. The highest BCUT2D eigenvalue weighted by atomic mass is 19.1. The van der Waals surface area contributed by atoms with Crippen LogP contribution in [0.25, 0.3) is 5.57 Å². The fourth-order valence-electron chi connectivity index (χ4n) is 3.89. The minimum atomic E-state index is -1.62. The Bertz CT molecular complexity index is 1020. The molecule has 164 valence electrons. The average molecular weight is 430 g/mol. The molecular weight excluding hydrogens is 406 g/mol. The molecule has 2 atom stereocenters. The topological polar surface area (TPSA) is 115 Å². The van der Waals surface area contributed by atoms with Crippen molar-refractivity contribution in [2.24, 2.45) is 5.73 Å². The molecule has 1 aliphatic carbocycles. The Morgan fingerprint density at radius 1 is 1.19 bits per heavy atom. The monoisotopic (exact) mass is 430 g/mol. The first-order valence-electron chi connectivity index (χ1n) is 10.0. The molecule has 9 heteroatoms. The van der Waals surface area contributed by atoms with Gasteiger partial charge in [0.2, 0.25) is 0 Å². The minimum Gasteiger partial charge on any atom is -0.508 e. The molecule has 1 aromatic carbocycles. The molecule has 31 heavy (non-hydrogen) atoms. The van der Waals surface area contributed by atoms with Crippen molar-refractivity contribution in [2.45, 2.75) is 31.0 Å². The Labute approximate surface area is 178 Å². The summed E-state index contributed by atoms with van der Waals surface area (Å²) >= 11 is 0. The standard InChI is InChI=1S/C22H24F2N4O3/c23-17-8-13(9-18(24)21(17)30)16-10-22(31,6-5-19(16)29)27-15-3-4-20(26-11-15)28-7-1-2-14(25)12-28/h3-5,8-11,14,27,29-31H,1-2,6-7,12,25H2. The van der Waals surface area contributed by atoms with Gasteiger partial charge in [-0.25, -0.2) is 13.8 Å². The first kappa shape index (κ1) is 21.1. The lowest BCUT2D eigenvalue weighted by molar-refractivity contribution is 0.122. The van der Waals surface area contributed by atoms with E-state index in [4.69, 9.17) is 5.73 Å². The fourth-order valence-corrected chi connectivity index (χ4v) is 3.89. The van der Waals surface area contributed by atoms with Gasteiger partial charge < -0.3 is 31.3 Å². The number of hydrogen-bond acceptors (Lipinski definition) is 7. The Balaban J connectivity index is 1.55. The summed E-state index contributed by atoms with van der Waals surface area (Å²) in [7, 11) is 0. The van der Waals surface area contributed by atoms with Gasteiger partial charge in [-0.2, -0.15) is 0 Å². The van der Waals surface area contributed by atoms with Crippen LogP contribution < -0.4 is 16.0 Å². The van der Waals surface area contributed by atoms with Crippen molar-refractivity contribution < 1.29 is 24.1 Å². The Morgan fingerprint density at radius 2 is 1.94 bits per heavy atom. The number of nitrogens with two attached hydrogens (primary N) is 1. The van der Waals surface area contributed by atoms with Crippen LogP contribution in [0.5, 0.6) is 5.75 Å². The predicted molar refractivity (Wildman–Crippen MR) is 114 cm³/mol. The second-order valence-electron chi connectivity index (χ2n) is 7.94. The van der Waals surface area contributed by atoms with Crippen molar-refractivity contribution in [3.63, 3.8) is 0 Å². The number of phenols is 1. The van der Waals surface area contributed by atoms with E-state index in [1.807, 2.05) is 6.07 Å². The van der Waals surface area contributed by atoms with Gasteiger partial charge in [-0.3, -0.25) is 0 Å². The normalized spacial score (nSPS) is 23.9. The highest BCUT2D eigenvalue weighted by Crippen LogP contribution is 2.35. The molecule has 2 aromatic rings. The van der Waals surface area contributed by atoms with E-state index in [0.29, 0.717) is 5.69 Å². The molecule has 0 bridgehead atoms. The van der Waals surface area contributed by atoms with Gasteiger partial charge in [0.1, 0.15) is 11.6 Å². The van der Waals surface area contributed by atoms with Crippen LogP contribution in [0.2, 0.25) is 0 Å². The molecule has 2 aliphatic rings. The van der Waals surface area contributed by atoms with E-state index in [1.165, 1.54) is 12.2 Å². The number of hydrogen-bond donors (Lipinski definition) is 5. The van der Waals surface area contributed by atoms with Crippen LogP contribution in [0.1, 0.15) is 24.8 Å². The van der Waals surface area contributed by atoms with Gasteiger partial charge in [0.15, 0.2) is 23.1 Å². The summed E-state index contributed by atoms with van der Waals surface area (Å²) in [5.41, 5.74) is 4.95. The number of pyridine rings is 1. The predicted octanol–water partition coefficient (Wildman–Crippen LogP) is 3.02. The van der Waals surface area contributed by atoms with Gasteiger partial charge in [0, 0.05) is 31.1 Å². The van der Waals surface area contributed by atoms with Crippen molar-refractivity contribution in [3.05, 3.63) is 65.6 Å². The van der Waals surface area contributed by atoms with Gasteiger partial charge in [-0.15, -0.1) is 0 Å². The van der Waals surface area contributed by atoms with Crippen LogP contribution in [-0.4, -0.2) is 45.2 Å². The molecule has 0 spiro atoms. The maximum Gasteiger partial charge on any atom is 0.187 e. The minimum absolute atomic E-state index is 0.0172. The highest BCUT2D eigenvalue weighted by Gasteiger charge is 2.30. The number of aliphatic hydroxyl groups excluding tert-OH is 1. The lowest BCUT2D eigenvalue weighted by Crippen LogP contribution is -2.43. The summed E-state index contributed by atoms with van der Waals surface area (Å²) in [6.07, 6.45) is 6.23. The van der Waals surface area contributed by atoms with Crippen LogP contribution in [0.3, 0.4) is 0 Å². The number of aromatic hydroxyl groups is 1. The maximum absolute atomic E-state index is 13.8. The first-order valence-corrected chi connectivity index (χ1v) is 10.0. The van der Waals surface area contributed by atoms with Crippen LogP contribution in [0.4, 0.5) is 20.3 Å². The van der Waals surface area contributed by atoms with Crippen LogP contribution in [0.15, 0.2) is 48.4 Å². The number of aliphatic hydroxyl groups is 2. The third-order valence-electron chi connectivity index (χ3n) is 5.48. The van der Waals surface area contributed by atoms with E-state index >= 15 is 0 Å². The van der Waals surface area contributed by atoms with E-state index < -0.39 is 23.1 Å². The Kier molecular flexibility index (Phi) is 5.55. The zero-order valence-corrected chi connectivity index (χ0v) is 16.7. The molecule has 1 saturated heterocycles. The van der Waals surface area contributed by atoms with Crippen LogP contribution in [0, 0.1) is 11.6 Å². The quantitative estimate of drug-likeness (QED) is 0.474. The van der Waals surface area contributed by atoms with Gasteiger partial charge in [-0.05, 0) is 54.8 Å². The lowest BCUT2D eigenvalue weighted by Gasteiger charge is -2.32. The van der Waals surface area contributed by atoms with Gasteiger partial charge in [0.05, 0.1) is 11.9 Å². The molecule has 0 amide bonds. The molecular formula is C22H24F2N4O3. The smallest absolute Gasteiger partial charge is 0.187 e. The van der Waals surface area contributed by atoms with E-state index in [-0.39, 0.29) is 29.4 Å². The molecule has 1 fully saturated rings. The lowest BCUT2D eigenvalue weighted by atomic mass is 9.92. The number of nitrogens with zero attached hydrogens (tertiary/aromatic N) is 2. The number of nitrogens with one attached hydrogen (secondary N) is 1. The van der Waals surface area contributed by atoms with Gasteiger partial charge in [0.25, 0.3) is 0 Å². The number of allylic oxidation sites excluding steroid dienone is 1. The number of anilines is 2.